The molecule has 2 heterocycles. The molecule has 2 aromatic heterocycles. The van der Waals surface area contributed by atoms with Crippen LogP contribution in [0, 0.1) is 0 Å². The van der Waals surface area contributed by atoms with Crippen molar-refractivity contribution in [2.75, 3.05) is 5.75 Å². The van der Waals surface area contributed by atoms with E-state index in [0.717, 1.165) is 11.0 Å². The summed E-state index contributed by atoms with van der Waals surface area (Å²) in [5, 5.41) is 26.1. The molecule has 0 aliphatic carbocycles. The predicted molar refractivity (Wildman–Crippen MR) is 63.3 cm³/mol. The molecule has 0 aliphatic rings. The Kier molecular flexibility index (Phi) is 3.42. The topological polar surface area (TPSA) is 82.0 Å². The lowest BCUT2D eigenvalue weighted by molar-refractivity contribution is 0.0171. The first-order valence-corrected chi connectivity index (χ1v) is 5.61. The SMILES string of the molecule is OC(CCS)C(O)c1cnc2cn[nH]c2c1. The van der Waals surface area contributed by atoms with Crippen LogP contribution in [-0.2, 0) is 0 Å². The van der Waals surface area contributed by atoms with Gasteiger partial charge in [0.15, 0.2) is 0 Å². The second kappa shape index (κ2) is 4.82. The molecule has 0 aliphatic heterocycles. The smallest absolute Gasteiger partial charge is 0.108 e. The minimum Gasteiger partial charge on any atom is -0.390 e. The van der Waals surface area contributed by atoms with E-state index in [4.69, 9.17) is 0 Å². The summed E-state index contributed by atoms with van der Waals surface area (Å²) in [4.78, 5) is 4.12. The van der Waals surface area contributed by atoms with Gasteiger partial charge in [0.05, 0.1) is 17.8 Å². The maximum Gasteiger partial charge on any atom is 0.108 e. The molecule has 0 saturated carbocycles. The highest BCUT2D eigenvalue weighted by Crippen LogP contribution is 2.21. The number of hydrogen-bond donors (Lipinski definition) is 4. The Hall–Kier alpha value is -1.11. The first-order valence-electron chi connectivity index (χ1n) is 4.98. The third kappa shape index (κ3) is 2.18. The van der Waals surface area contributed by atoms with Crippen molar-refractivity contribution in [3.8, 4) is 0 Å². The molecule has 16 heavy (non-hydrogen) atoms. The van der Waals surface area contributed by atoms with Crippen molar-refractivity contribution in [1.29, 1.82) is 0 Å². The van der Waals surface area contributed by atoms with Crippen LogP contribution in [0.4, 0.5) is 0 Å². The number of H-pyrrole nitrogens is 1. The molecule has 0 bridgehead atoms. The van der Waals surface area contributed by atoms with Gasteiger partial charge in [-0.1, -0.05) is 0 Å². The largest absolute Gasteiger partial charge is 0.390 e. The molecule has 2 aromatic rings. The van der Waals surface area contributed by atoms with E-state index in [1.165, 1.54) is 0 Å². The third-order valence-corrected chi connectivity index (χ3v) is 2.70. The average Bonchev–Trinajstić information content (AvgIpc) is 2.75. The molecule has 2 unspecified atom stereocenters. The zero-order valence-corrected chi connectivity index (χ0v) is 9.43. The van der Waals surface area contributed by atoms with Crippen LogP contribution in [0.3, 0.4) is 0 Å². The van der Waals surface area contributed by atoms with E-state index in [1.54, 1.807) is 18.5 Å². The van der Waals surface area contributed by atoms with E-state index in [1.807, 2.05) is 0 Å². The Labute approximate surface area is 97.9 Å². The summed E-state index contributed by atoms with van der Waals surface area (Å²) in [6.45, 7) is 0. The van der Waals surface area contributed by atoms with Crippen LogP contribution in [0.15, 0.2) is 18.5 Å². The number of hydrogen-bond acceptors (Lipinski definition) is 5. The van der Waals surface area contributed by atoms with Crippen LogP contribution in [0.2, 0.25) is 0 Å². The fourth-order valence-electron chi connectivity index (χ4n) is 1.52. The lowest BCUT2D eigenvalue weighted by atomic mass is 10.0. The first kappa shape index (κ1) is 11.4. The summed E-state index contributed by atoms with van der Waals surface area (Å²) in [6, 6.07) is 1.74. The molecular formula is C10H13N3O2S. The summed E-state index contributed by atoms with van der Waals surface area (Å²) in [5.41, 5.74) is 2.06. The zero-order chi connectivity index (χ0) is 11.5. The van der Waals surface area contributed by atoms with Gasteiger partial charge in [0.25, 0.3) is 0 Å². The van der Waals surface area contributed by atoms with Crippen molar-refractivity contribution in [2.24, 2.45) is 0 Å². The van der Waals surface area contributed by atoms with Gasteiger partial charge >= 0.3 is 0 Å². The van der Waals surface area contributed by atoms with Gasteiger partial charge in [0, 0.05) is 11.8 Å². The van der Waals surface area contributed by atoms with Crippen LogP contribution in [0.25, 0.3) is 11.0 Å². The third-order valence-electron chi connectivity index (χ3n) is 2.44. The van der Waals surface area contributed by atoms with E-state index < -0.39 is 12.2 Å². The molecule has 0 amide bonds. The Morgan fingerprint density at radius 2 is 2.19 bits per heavy atom. The van der Waals surface area contributed by atoms with Crippen molar-refractivity contribution < 1.29 is 10.2 Å². The number of pyridine rings is 1. The van der Waals surface area contributed by atoms with Crippen LogP contribution >= 0.6 is 12.6 Å². The number of thiol groups is 1. The highest BCUT2D eigenvalue weighted by atomic mass is 32.1. The van der Waals surface area contributed by atoms with E-state index in [9.17, 15) is 10.2 Å². The van der Waals surface area contributed by atoms with Crippen molar-refractivity contribution in [1.82, 2.24) is 15.2 Å². The predicted octanol–water partition coefficient (Wildman–Crippen LogP) is 0.672. The van der Waals surface area contributed by atoms with Crippen LogP contribution in [-0.4, -0.2) is 37.3 Å². The van der Waals surface area contributed by atoms with Gasteiger partial charge in [-0.3, -0.25) is 10.1 Å². The molecule has 0 aromatic carbocycles. The number of rotatable bonds is 4. The standard InChI is InChI=1S/C10H13N3O2S/c14-9(1-2-16)10(15)6-3-7-8(11-4-6)5-12-13-7/h3-5,9-10,14-16H,1-2H2,(H,12,13). The fraction of sp³-hybridized carbons (Fsp3) is 0.400. The number of aromatic amines is 1. The minimum absolute atomic E-state index is 0.436. The van der Waals surface area contributed by atoms with E-state index in [2.05, 4.69) is 27.8 Å². The summed E-state index contributed by atoms with van der Waals surface area (Å²) in [5.74, 6) is 0.526. The molecule has 0 spiro atoms. The Morgan fingerprint density at radius 3 is 2.94 bits per heavy atom. The summed E-state index contributed by atoms with van der Waals surface area (Å²) in [7, 11) is 0. The lowest BCUT2D eigenvalue weighted by Crippen LogP contribution is -2.18. The first-order chi connectivity index (χ1) is 7.72. The number of aromatic nitrogens is 3. The van der Waals surface area contributed by atoms with E-state index in [-0.39, 0.29) is 0 Å². The number of fused-ring (bicyclic) bond motifs is 1. The van der Waals surface area contributed by atoms with Crippen LogP contribution < -0.4 is 0 Å². The highest BCUT2D eigenvalue weighted by molar-refractivity contribution is 7.80. The van der Waals surface area contributed by atoms with Crippen molar-refractivity contribution in [3.63, 3.8) is 0 Å². The molecule has 0 fully saturated rings. The molecule has 2 rings (SSSR count). The summed E-state index contributed by atoms with van der Waals surface area (Å²) < 4.78 is 0. The summed E-state index contributed by atoms with van der Waals surface area (Å²) >= 11 is 4.01. The highest BCUT2D eigenvalue weighted by Gasteiger charge is 2.18. The van der Waals surface area contributed by atoms with Gasteiger partial charge in [-0.05, 0) is 18.2 Å². The molecule has 0 radical (unpaired) electrons. The minimum atomic E-state index is -0.938. The van der Waals surface area contributed by atoms with Crippen LogP contribution in [0.1, 0.15) is 18.1 Å². The average molecular weight is 239 g/mol. The van der Waals surface area contributed by atoms with Crippen molar-refractivity contribution in [2.45, 2.75) is 18.6 Å². The molecule has 5 nitrogen and oxygen atoms in total. The van der Waals surface area contributed by atoms with Crippen LogP contribution in [0.5, 0.6) is 0 Å². The normalized spacial score (nSPS) is 15.2. The number of nitrogens with zero attached hydrogens (tertiary/aromatic N) is 2. The van der Waals surface area contributed by atoms with Crippen molar-refractivity contribution >= 4 is 23.7 Å². The van der Waals surface area contributed by atoms with Gasteiger partial charge in [-0.2, -0.15) is 17.7 Å². The monoisotopic (exact) mass is 239 g/mol. The number of aliphatic hydroxyl groups is 2. The zero-order valence-electron chi connectivity index (χ0n) is 8.54. The van der Waals surface area contributed by atoms with Gasteiger partial charge < -0.3 is 10.2 Å². The number of aliphatic hydroxyl groups excluding tert-OH is 2. The van der Waals surface area contributed by atoms with Gasteiger partial charge in [0.1, 0.15) is 11.6 Å². The second-order valence-corrected chi connectivity index (χ2v) is 4.04. The van der Waals surface area contributed by atoms with Crippen molar-refractivity contribution in [3.05, 3.63) is 24.0 Å². The second-order valence-electron chi connectivity index (χ2n) is 3.60. The Balaban J connectivity index is 2.24. The molecular weight excluding hydrogens is 226 g/mol. The van der Waals surface area contributed by atoms with Gasteiger partial charge in [-0.25, -0.2) is 0 Å². The molecule has 86 valence electrons. The Bertz CT molecular complexity index is 474. The fourth-order valence-corrected chi connectivity index (χ4v) is 1.79. The molecule has 0 saturated heterocycles. The van der Waals surface area contributed by atoms with E-state index in [0.29, 0.717) is 17.7 Å². The summed E-state index contributed by atoms with van der Waals surface area (Å²) in [6.07, 6.45) is 1.83. The molecule has 3 N–H and O–H groups in total. The van der Waals surface area contributed by atoms with E-state index >= 15 is 0 Å². The number of nitrogens with one attached hydrogen (secondary N) is 1. The van der Waals surface area contributed by atoms with Gasteiger partial charge in [-0.15, -0.1) is 0 Å². The maximum atomic E-state index is 9.86. The molecule has 6 heteroatoms. The lowest BCUT2D eigenvalue weighted by Gasteiger charge is -2.16. The Morgan fingerprint density at radius 1 is 1.38 bits per heavy atom. The van der Waals surface area contributed by atoms with Gasteiger partial charge in [0.2, 0.25) is 0 Å². The maximum absolute atomic E-state index is 9.86. The molecule has 2 atom stereocenters. The quantitative estimate of drug-likeness (QED) is 0.591.